The molecule has 1 aliphatic rings. The predicted octanol–water partition coefficient (Wildman–Crippen LogP) is 5.36. The number of hydrogen-bond acceptors (Lipinski definition) is 4. The highest BCUT2D eigenvalue weighted by Gasteiger charge is 2.38. The van der Waals surface area contributed by atoms with E-state index >= 15 is 0 Å². The van der Waals surface area contributed by atoms with E-state index in [0.29, 0.717) is 23.2 Å². The fourth-order valence-corrected chi connectivity index (χ4v) is 3.81. The Labute approximate surface area is 198 Å². The van der Waals surface area contributed by atoms with Crippen LogP contribution in [0.2, 0.25) is 0 Å². The normalized spacial score (nSPS) is 13.7. The molecule has 0 saturated heterocycles. The molecule has 34 heavy (non-hydrogen) atoms. The van der Waals surface area contributed by atoms with Gasteiger partial charge in [-0.2, -0.15) is 0 Å². The standard InChI is InChI=1S/C28H27FN2O3/c1-18(2)34-24-14-12-23(13-15-24)30-26-25(21-8-4-19(3)5-9-21)27(32)31(28(26)33)17-16-20-6-10-22(29)11-7-20/h4-15,18,30H,16-17H2,1-3H3. The van der Waals surface area contributed by atoms with E-state index < -0.39 is 0 Å². The zero-order valence-corrected chi connectivity index (χ0v) is 19.5. The fraction of sp³-hybridized carbons (Fsp3) is 0.214. The largest absolute Gasteiger partial charge is 0.491 e. The molecular weight excluding hydrogens is 431 g/mol. The highest BCUT2D eigenvalue weighted by molar-refractivity contribution is 6.36. The summed E-state index contributed by atoms with van der Waals surface area (Å²) in [7, 11) is 0. The molecule has 0 aromatic heterocycles. The minimum absolute atomic E-state index is 0.0540. The summed E-state index contributed by atoms with van der Waals surface area (Å²) in [5.41, 5.74) is 3.84. The number of carbonyl (C=O) groups is 2. The van der Waals surface area contributed by atoms with E-state index in [0.717, 1.165) is 16.9 Å². The highest BCUT2D eigenvalue weighted by Crippen LogP contribution is 2.31. The van der Waals surface area contributed by atoms with Crippen LogP contribution in [-0.2, 0) is 16.0 Å². The quantitative estimate of drug-likeness (QED) is 0.462. The zero-order valence-electron chi connectivity index (χ0n) is 19.5. The molecule has 174 valence electrons. The first-order valence-corrected chi connectivity index (χ1v) is 11.3. The maximum Gasteiger partial charge on any atom is 0.278 e. The third-order valence-electron chi connectivity index (χ3n) is 5.54. The van der Waals surface area contributed by atoms with Crippen LogP contribution in [0.3, 0.4) is 0 Å². The Balaban J connectivity index is 1.61. The van der Waals surface area contributed by atoms with Crippen LogP contribution in [0.5, 0.6) is 5.75 Å². The van der Waals surface area contributed by atoms with Gasteiger partial charge in [0, 0.05) is 12.2 Å². The van der Waals surface area contributed by atoms with Gasteiger partial charge in [0.25, 0.3) is 11.8 Å². The van der Waals surface area contributed by atoms with Gasteiger partial charge in [-0.05, 0) is 74.7 Å². The lowest BCUT2D eigenvalue weighted by Crippen LogP contribution is -2.34. The average Bonchev–Trinajstić information content (AvgIpc) is 3.04. The SMILES string of the molecule is Cc1ccc(C2=C(Nc3ccc(OC(C)C)cc3)C(=O)N(CCc3ccc(F)cc3)C2=O)cc1. The van der Waals surface area contributed by atoms with E-state index in [1.54, 1.807) is 12.1 Å². The molecule has 0 unspecified atom stereocenters. The Morgan fingerprint density at radius 2 is 1.53 bits per heavy atom. The maximum absolute atomic E-state index is 13.4. The summed E-state index contributed by atoms with van der Waals surface area (Å²) in [6.45, 7) is 6.07. The van der Waals surface area contributed by atoms with Crippen molar-refractivity contribution in [2.45, 2.75) is 33.3 Å². The molecule has 4 rings (SSSR count). The molecule has 1 aliphatic heterocycles. The summed E-state index contributed by atoms with van der Waals surface area (Å²) in [6.07, 6.45) is 0.492. The molecule has 2 amide bonds. The summed E-state index contributed by atoms with van der Waals surface area (Å²) < 4.78 is 18.9. The van der Waals surface area contributed by atoms with Crippen LogP contribution >= 0.6 is 0 Å². The van der Waals surface area contributed by atoms with Gasteiger partial charge in [-0.1, -0.05) is 42.0 Å². The number of hydrogen-bond donors (Lipinski definition) is 1. The Hall–Kier alpha value is -3.93. The number of carbonyl (C=O) groups excluding carboxylic acids is 2. The van der Waals surface area contributed by atoms with Crippen molar-refractivity contribution in [1.29, 1.82) is 0 Å². The first-order valence-electron chi connectivity index (χ1n) is 11.3. The van der Waals surface area contributed by atoms with E-state index in [9.17, 15) is 14.0 Å². The van der Waals surface area contributed by atoms with Crippen molar-refractivity contribution in [2.75, 3.05) is 11.9 Å². The number of amides is 2. The summed E-state index contributed by atoms with van der Waals surface area (Å²) in [5.74, 6) is -0.330. The van der Waals surface area contributed by atoms with Crippen LogP contribution in [0.1, 0.15) is 30.5 Å². The second-order valence-electron chi connectivity index (χ2n) is 8.57. The van der Waals surface area contributed by atoms with Gasteiger partial charge in [0.15, 0.2) is 0 Å². The molecule has 0 atom stereocenters. The number of halogens is 1. The van der Waals surface area contributed by atoms with E-state index in [2.05, 4.69) is 5.32 Å². The van der Waals surface area contributed by atoms with Crippen molar-refractivity contribution in [3.05, 3.63) is 101 Å². The number of imide groups is 1. The van der Waals surface area contributed by atoms with Gasteiger partial charge in [0.05, 0.1) is 11.7 Å². The van der Waals surface area contributed by atoms with Crippen molar-refractivity contribution in [1.82, 2.24) is 4.90 Å². The summed E-state index contributed by atoms with van der Waals surface area (Å²) in [6, 6.07) is 20.9. The lowest BCUT2D eigenvalue weighted by atomic mass is 10.0. The summed E-state index contributed by atoms with van der Waals surface area (Å²) in [4.78, 5) is 28.0. The Morgan fingerprint density at radius 3 is 2.15 bits per heavy atom. The average molecular weight is 459 g/mol. The van der Waals surface area contributed by atoms with Crippen molar-refractivity contribution >= 4 is 23.1 Å². The molecule has 0 bridgehead atoms. The van der Waals surface area contributed by atoms with Crippen LogP contribution in [0.4, 0.5) is 10.1 Å². The number of aryl methyl sites for hydroxylation is 1. The minimum Gasteiger partial charge on any atom is -0.491 e. The molecule has 0 radical (unpaired) electrons. The number of nitrogens with zero attached hydrogens (tertiary/aromatic N) is 1. The van der Waals surface area contributed by atoms with Crippen LogP contribution in [0.15, 0.2) is 78.5 Å². The molecule has 0 fully saturated rings. The van der Waals surface area contributed by atoms with Gasteiger partial charge in [-0.25, -0.2) is 4.39 Å². The summed E-state index contributed by atoms with van der Waals surface area (Å²) >= 11 is 0. The Bertz CT molecular complexity index is 1210. The third kappa shape index (κ3) is 5.17. The smallest absolute Gasteiger partial charge is 0.278 e. The maximum atomic E-state index is 13.4. The molecule has 3 aromatic carbocycles. The molecule has 6 heteroatoms. The van der Waals surface area contributed by atoms with Crippen LogP contribution < -0.4 is 10.1 Å². The van der Waals surface area contributed by atoms with Gasteiger partial charge in [0.1, 0.15) is 17.3 Å². The molecule has 0 saturated carbocycles. The number of ether oxygens (including phenoxy) is 1. The van der Waals surface area contributed by atoms with Crippen molar-refractivity contribution < 1.29 is 18.7 Å². The van der Waals surface area contributed by atoms with E-state index in [-0.39, 0.29) is 36.0 Å². The van der Waals surface area contributed by atoms with Gasteiger partial charge >= 0.3 is 0 Å². The van der Waals surface area contributed by atoms with Gasteiger partial charge in [0.2, 0.25) is 0 Å². The minimum atomic E-state index is -0.384. The molecular formula is C28H27FN2O3. The lowest BCUT2D eigenvalue weighted by Gasteiger charge is -2.15. The highest BCUT2D eigenvalue weighted by atomic mass is 19.1. The predicted molar refractivity (Wildman–Crippen MR) is 131 cm³/mol. The lowest BCUT2D eigenvalue weighted by molar-refractivity contribution is -0.136. The number of anilines is 1. The van der Waals surface area contributed by atoms with Crippen molar-refractivity contribution in [2.24, 2.45) is 0 Å². The van der Waals surface area contributed by atoms with Gasteiger partial charge in [-0.15, -0.1) is 0 Å². The number of benzene rings is 3. The molecule has 3 aromatic rings. The molecule has 0 aliphatic carbocycles. The first kappa shape index (κ1) is 23.2. The molecule has 5 nitrogen and oxygen atoms in total. The van der Waals surface area contributed by atoms with Crippen LogP contribution in [0, 0.1) is 12.7 Å². The third-order valence-corrected chi connectivity index (χ3v) is 5.54. The van der Waals surface area contributed by atoms with Gasteiger partial charge < -0.3 is 10.1 Å². The van der Waals surface area contributed by atoms with E-state index in [1.165, 1.54) is 17.0 Å². The first-order chi connectivity index (χ1) is 16.3. The number of rotatable bonds is 8. The topological polar surface area (TPSA) is 58.6 Å². The Kier molecular flexibility index (Phi) is 6.77. The Morgan fingerprint density at radius 1 is 0.882 bits per heavy atom. The number of nitrogens with one attached hydrogen (secondary N) is 1. The second kappa shape index (κ2) is 9.91. The van der Waals surface area contributed by atoms with Gasteiger partial charge in [-0.3, -0.25) is 14.5 Å². The van der Waals surface area contributed by atoms with Crippen molar-refractivity contribution in [3.63, 3.8) is 0 Å². The molecule has 0 spiro atoms. The monoisotopic (exact) mass is 458 g/mol. The van der Waals surface area contributed by atoms with Crippen LogP contribution in [0.25, 0.3) is 5.57 Å². The summed E-state index contributed by atoms with van der Waals surface area (Å²) in [5, 5.41) is 3.16. The van der Waals surface area contributed by atoms with Crippen molar-refractivity contribution in [3.8, 4) is 5.75 Å². The van der Waals surface area contributed by atoms with E-state index in [4.69, 9.17) is 4.74 Å². The molecule has 1 N–H and O–H groups in total. The zero-order chi connectivity index (χ0) is 24.2. The van der Waals surface area contributed by atoms with Crippen LogP contribution in [-0.4, -0.2) is 29.4 Å². The second-order valence-corrected chi connectivity index (χ2v) is 8.57. The molecule has 1 heterocycles. The fourth-order valence-electron chi connectivity index (χ4n) is 3.81. The van der Waals surface area contributed by atoms with E-state index in [1.807, 2.05) is 69.3 Å².